The number of guanidine groups is 1. The van der Waals surface area contributed by atoms with Crippen LogP contribution in [0.15, 0.2) is 35.3 Å². The molecule has 0 saturated heterocycles. The fourth-order valence-corrected chi connectivity index (χ4v) is 2.89. The van der Waals surface area contributed by atoms with Crippen LogP contribution >= 0.6 is 11.3 Å². The van der Waals surface area contributed by atoms with Crippen LogP contribution in [0.4, 0.5) is 0 Å². The zero-order valence-electron chi connectivity index (χ0n) is 14.2. The summed E-state index contributed by atoms with van der Waals surface area (Å²) >= 11 is 1.66. The van der Waals surface area contributed by atoms with Gasteiger partial charge in [-0.15, -0.1) is 11.3 Å². The second-order valence-corrected chi connectivity index (χ2v) is 6.58. The van der Waals surface area contributed by atoms with Crippen molar-refractivity contribution < 1.29 is 4.79 Å². The quantitative estimate of drug-likeness (QED) is 0.550. The topological polar surface area (TPSA) is 78.4 Å². The van der Waals surface area contributed by atoms with Crippen LogP contribution in [0.1, 0.15) is 21.1 Å². The first-order chi connectivity index (χ1) is 11.6. The van der Waals surface area contributed by atoms with Crippen LogP contribution in [-0.2, 0) is 17.9 Å². The fourth-order valence-electron chi connectivity index (χ4n) is 2.02. The standard InChI is InChI=1S/C17H23N5OS/c1-12-13(2)24-16(22-12)11-21-17(18-3)20-10-15(23)19-9-14-7-5-4-6-8-14/h4-8H,9-11H2,1-3H3,(H,19,23)(H2,18,20,21). The number of nitrogens with zero attached hydrogens (tertiary/aromatic N) is 2. The van der Waals surface area contributed by atoms with E-state index < -0.39 is 0 Å². The van der Waals surface area contributed by atoms with Gasteiger partial charge < -0.3 is 16.0 Å². The Hall–Kier alpha value is -2.41. The molecule has 0 atom stereocenters. The number of hydrogen-bond acceptors (Lipinski definition) is 4. The van der Waals surface area contributed by atoms with Crippen LogP contribution in [-0.4, -0.2) is 30.4 Å². The predicted octanol–water partition coefficient (Wildman–Crippen LogP) is 1.74. The summed E-state index contributed by atoms with van der Waals surface area (Å²) in [7, 11) is 1.68. The Balaban J connectivity index is 1.71. The minimum Gasteiger partial charge on any atom is -0.350 e. The second kappa shape index (κ2) is 9.02. The maximum Gasteiger partial charge on any atom is 0.239 e. The molecule has 0 aliphatic rings. The van der Waals surface area contributed by atoms with Crippen molar-refractivity contribution in [3.8, 4) is 0 Å². The van der Waals surface area contributed by atoms with Gasteiger partial charge in [0.1, 0.15) is 5.01 Å². The van der Waals surface area contributed by atoms with Gasteiger partial charge in [0.05, 0.1) is 18.8 Å². The molecule has 24 heavy (non-hydrogen) atoms. The Kier molecular flexibility index (Phi) is 6.74. The number of benzene rings is 1. The molecule has 0 spiro atoms. The molecule has 1 heterocycles. The van der Waals surface area contributed by atoms with Crippen molar-refractivity contribution in [2.24, 2.45) is 4.99 Å². The molecule has 0 unspecified atom stereocenters. The molecule has 1 aromatic heterocycles. The molecule has 3 N–H and O–H groups in total. The molecule has 1 amide bonds. The van der Waals surface area contributed by atoms with Crippen molar-refractivity contribution in [1.82, 2.24) is 20.9 Å². The van der Waals surface area contributed by atoms with E-state index in [2.05, 4.69) is 32.9 Å². The van der Waals surface area contributed by atoms with E-state index in [-0.39, 0.29) is 12.5 Å². The van der Waals surface area contributed by atoms with Crippen LogP contribution in [0.2, 0.25) is 0 Å². The summed E-state index contributed by atoms with van der Waals surface area (Å²) in [4.78, 5) is 21.7. The average molecular weight is 345 g/mol. The Morgan fingerprint density at radius 2 is 1.88 bits per heavy atom. The van der Waals surface area contributed by atoms with E-state index in [1.54, 1.807) is 18.4 Å². The number of carbonyl (C=O) groups excluding carboxylic acids is 1. The molecular weight excluding hydrogens is 322 g/mol. The van der Waals surface area contributed by atoms with E-state index >= 15 is 0 Å². The van der Waals surface area contributed by atoms with Crippen LogP contribution < -0.4 is 16.0 Å². The number of amides is 1. The van der Waals surface area contributed by atoms with Gasteiger partial charge in [-0.3, -0.25) is 9.79 Å². The first-order valence-corrected chi connectivity index (χ1v) is 8.58. The van der Waals surface area contributed by atoms with Crippen molar-refractivity contribution >= 4 is 23.2 Å². The molecule has 1 aromatic carbocycles. The molecule has 0 aliphatic heterocycles. The summed E-state index contributed by atoms with van der Waals surface area (Å²) in [5.74, 6) is 0.498. The average Bonchev–Trinajstić information content (AvgIpc) is 2.92. The third kappa shape index (κ3) is 5.66. The summed E-state index contributed by atoms with van der Waals surface area (Å²) in [6, 6.07) is 9.81. The van der Waals surface area contributed by atoms with Crippen LogP contribution in [0.25, 0.3) is 0 Å². The van der Waals surface area contributed by atoms with E-state index in [9.17, 15) is 4.79 Å². The molecule has 0 radical (unpaired) electrons. The summed E-state index contributed by atoms with van der Waals surface area (Å²) in [6.07, 6.45) is 0. The minimum absolute atomic E-state index is 0.0808. The zero-order valence-corrected chi connectivity index (χ0v) is 15.0. The number of carbonyl (C=O) groups is 1. The first kappa shape index (κ1) is 17.9. The van der Waals surface area contributed by atoms with E-state index in [4.69, 9.17) is 0 Å². The van der Waals surface area contributed by atoms with Gasteiger partial charge in [-0.2, -0.15) is 0 Å². The molecule has 0 aliphatic carbocycles. The zero-order chi connectivity index (χ0) is 17.4. The summed E-state index contributed by atoms with van der Waals surface area (Å²) in [5, 5.41) is 10.0. The Labute approximate surface area is 146 Å². The van der Waals surface area contributed by atoms with Crippen molar-refractivity contribution in [3.63, 3.8) is 0 Å². The SMILES string of the molecule is CN=C(NCC(=O)NCc1ccccc1)NCc1nc(C)c(C)s1. The van der Waals surface area contributed by atoms with E-state index in [1.807, 2.05) is 37.3 Å². The third-order valence-corrected chi connectivity index (χ3v) is 4.53. The number of aliphatic imine (C=N–C) groups is 1. The van der Waals surface area contributed by atoms with Crippen LogP contribution in [0.5, 0.6) is 0 Å². The lowest BCUT2D eigenvalue weighted by atomic mass is 10.2. The van der Waals surface area contributed by atoms with Gasteiger partial charge in [0.25, 0.3) is 0 Å². The highest BCUT2D eigenvalue weighted by molar-refractivity contribution is 7.11. The molecular formula is C17H23N5OS. The van der Waals surface area contributed by atoms with Crippen molar-refractivity contribution in [1.29, 1.82) is 0 Å². The molecule has 2 aromatic rings. The number of aryl methyl sites for hydroxylation is 2. The van der Waals surface area contributed by atoms with Gasteiger partial charge in [0, 0.05) is 18.5 Å². The lowest BCUT2D eigenvalue weighted by Gasteiger charge is -2.11. The minimum atomic E-state index is -0.0808. The highest BCUT2D eigenvalue weighted by Gasteiger charge is 2.06. The van der Waals surface area contributed by atoms with Crippen LogP contribution in [0, 0.1) is 13.8 Å². The molecule has 0 saturated carbocycles. The highest BCUT2D eigenvalue weighted by atomic mass is 32.1. The largest absolute Gasteiger partial charge is 0.350 e. The number of aromatic nitrogens is 1. The Morgan fingerprint density at radius 3 is 2.50 bits per heavy atom. The van der Waals surface area contributed by atoms with Gasteiger partial charge >= 0.3 is 0 Å². The lowest BCUT2D eigenvalue weighted by molar-refractivity contribution is -0.120. The maximum atomic E-state index is 11.9. The first-order valence-electron chi connectivity index (χ1n) is 7.76. The van der Waals surface area contributed by atoms with Gasteiger partial charge in [0.2, 0.25) is 5.91 Å². The Bertz CT molecular complexity index is 677. The smallest absolute Gasteiger partial charge is 0.239 e. The summed E-state index contributed by atoms with van der Waals surface area (Å²) in [6.45, 7) is 5.33. The van der Waals surface area contributed by atoms with Crippen LogP contribution in [0.3, 0.4) is 0 Å². The number of nitrogens with one attached hydrogen (secondary N) is 3. The van der Waals surface area contributed by atoms with Gasteiger partial charge in [-0.25, -0.2) is 4.98 Å². The van der Waals surface area contributed by atoms with Crippen molar-refractivity contribution in [2.45, 2.75) is 26.9 Å². The van der Waals surface area contributed by atoms with E-state index in [0.717, 1.165) is 16.3 Å². The predicted molar refractivity (Wildman–Crippen MR) is 98.1 cm³/mol. The fraction of sp³-hybridized carbons (Fsp3) is 0.353. The van der Waals surface area contributed by atoms with Crippen molar-refractivity contribution in [2.75, 3.05) is 13.6 Å². The summed E-state index contributed by atoms with van der Waals surface area (Å²) < 4.78 is 0. The molecule has 0 fully saturated rings. The van der Waals surface area contributed by atoms with E-state index in [0.29, 0.717) is 19.0 Å². The van der Waals surface area contributed by atoms with Crippen molar-refractivity contribution in [3.05, 3.63) is 51.5 Å². The Morgan fingerprint density at radius 1 is 1.12 bits per heavy atom. The third-order valence-electron chi connectivity index (χ3n) is 3.45. The van der Waals surface area contributed by atoms with Gasteiger partial charge in [0.15, 0.2) is 5.96 Å². The molecule has 6 nitrogen and oxygen atoms in total. The monoisotopic (exact) mass is 345 g/mol. The maximum absolute atomic E-state index is 11.9. The van der Waals surface area contributed by atoms with E-state index in [1.165, 1.54) is 4.88 Å². The van der Waals surface area contributed by atoms with Gasteiger partial charge in [-0.05, 0) is 19.4 Å². The van der Waals surface area contributed by atoms with Gasteiger partial charge in [-0.1, -0.05) is 30.3 Å². The highest BCUT2D eigenvalue weighted by Crippen LogP contribution is 2.15. The number of hydrogen-bond donors (Lipinski definition) is 3. The normalized spacial score (nSPS) is 11.2. The molecule has 128 valence electrons. The molecule has 0 bridgehead atoms. The summed E-state index contributed by atoms with van der Waals surface area (Å²) in [5.41, 5.74) is 2.13. The lowest BCUT2D eigenvalue weighted by Crippen LogP contribution is -2.42. The molecule has 7 heteroatoms. The molecule has 2 rings (SSSR count). The second-order valence-electron chi connectivity index (χ2n) is 5.29. The number of rotatable bonds is 6. The number of thiazole rings is 1.